The van der Waals surface area contributed by atoms with Gasteiger partial charge in [0.1, 0.15) is 0 Å². The maximum atomic E-state index is 12.0. The maximum absolute atomic E-state index is 12.0. The molecule has 0 saturated carbocycles. The van der Waals surface area contributed by atoms with Gasteiger partial charge in [-0.05, 0) is 12.8 Å². The molecular formula is C14H27N3O4. The van der Waals surface area contributed by atoms with E-state index in [0.717, 1.165) is 32.1 Å². The van der Waals surface area contributed by atoms with Crippen LogP contribution in [0, 0.1) is 5.92 Å². The molecule has 0 aliphatic rings. The predicted molar refractivity (Wildman–Crippen MR) is 78.0 cm³/mol. The molecule has 0 aromatic rings. The van der Waals surface area contributed by atoms with Crippen molar-refractivity contribution in [2.45, 2.75) is 58.8 Å². The lowest BCUT2D eigenvalue weighted by atomic mass is 10.0. The summed E-state index contributed by atoms with van der Waals surface area (Å²) < 4.78 is 0. The Morgan fingerprint density at radius 3 is 2.38 bits per heavy atom. The van der Waals surface area contributed by atoms with Gasteiger partial charge in [0, 0.05) is 6.42 Å². The van der Waals surface area contributed by atoms with Gasteiger partial charge in [0.05, 0.1) is 12.5 Å². The third-order valence-corrected chi connectivity index (χ3v) is 3.14. The number of amides is 3. The Hall–Kier alpha value is -1.63. The zero-order valence-corrected chi connectivity index (χ0v) is 12.9. The summed E-state index contributed by atoms with van der Waals surface area (Å²) in [6, 6.07) is 0. The first-order valence-corrected chi connectivity index (χ1v) is 7.54. The van der Waals surface area contributed by atoms with E-state index < -0.39 is 11.8 Å². The molecule has 0 heterocycles. The summed E-state index contributed by atoms with van der Waals surface area (Å²) in [6.07, 6.45) is 5.65. The van der Waals surface area contributed by atoms with Crippen molar-refractivity contribution in [2.75, 3.05) is 6.54 Å². The normalized spacial score (nSPS) is 11.6. The monoisotopic (exact) mass is 301 g/mol. The minimum atomic E-state index is -0.543. The smallest absolute Gasteiger partial charge is 0.243 e. The fraction of sp³-hybridized carbons (Fsp3) is 0.786. The molecule has 0 fully saturated rings. The second-order valence-electron chi connectivity index (χ2n) is 5.06. The number of rotatable bonds is 11. The quantitative estimate of drug-likeness (QED) is 0.232. The first-order chi connectivity index (χ1) is 10.0. The molecule has 3 N–H and O–H groups in total. The summed E-state index contributed by atoms with van der Waals surface area (Å²) in [5.41, 5.74) is 4.71. The third-order valence-electron chi connectivity index (χ3n) is 3.14. The molecule has 0 aromatic carbocycles. The van der Waals surface area contributed by atoms with Crippen LogP contribution >= 0.6 is 0 Å². The highest BCUT2D eigenvalue weighted by Crippen LogP contribution is 2.11. The molecule has 0 rings (SSSR count). The number of nitrogens with zero attached hydrogens (tertiary/aromatic N) is 1. The summed E-state index contributed by atoms with van der Waals surface area (Å²) in [6.45, 7) is 3.95. The predicted octanol–water partition coefficient (Wildman–Crippen LogP) is 1.37. The lowest BCUT2D eigenvalue weighted by molar-refractivity contribution is -0.155. The Balaban J connectivity index is 4.27. The molecule has 0 radical (unpaired) electrons. The molecule has 0 saturated heterocycles. The Morgan fingerprint density at radius 1 is 1.14 bits per heavy atom. The highest BCUT2D eigenvalue weighted by Gasteiger charge is 2.20. The van der Waals surface area contributed by atoms with Gasteiger partial charge in [-0.3, -0.25) is 30.4 Å². The van der Waals surface area contributed by atoms with E-state index in [1.165, 1.54) is 0 Å². The average Bonchev–Trinajstić information content (AvgIpc) is 2.49. The van der Waals surface area contributed by atoms with Gasteiger partial charge in [-0.25, -0.2) is 5.06 Å². The van der Waals surface area contributed by atoms with Gasteiger partial charge in [-0.2, -0.15) is 0 Å². The fourth-order valence-corrected chi connectivity index (χ4v) is 1.85. The van der Waals surface area contributed by atoms with Crippen molar-refractivity contribution in [1.82, 2.24) is 15.9 Å². The zero-order chi connectivity index (χ0) is 16.1. The average molecular weight is 301 g/mol. The molecule has 0 aliphatic heterocycles. The number of hydrogen-bond donors (Lipinski definition) is 3. The topological polar surface area (TPSA) is 98.7 Å². The molecule has 0 aromatic heterocycles. The van der Waals surface area contributed by atoms with Crippen LogP contribution in [0.5, 0.6) is 0 Å². The molecule has 0 bridgehead atoms. The number of hydroxylamine groups is 2. The molecular weight excluding hydrogens is 274 g/mol. The van der Waals surface area contributed by atoms with E-state index in [2.05, 4.69) is 10.9 Å². The van der Waals surface area contributed by atoms with Crippen molar-refractivity contribution in [3.63, 3.8) is 0 Å². The van der Waals surface area contributed by atoms with Gasteiger partial charge >= 0.3 is 0 Å². The number of carbonyl (C=O) groups is 3. The van der Waals surface area contributed by atoms with Crippen molar-refractivity contribution in [2.24, 2.45) is 5.92 Å². The van der Waals surface area contributed by atoms with Crippen molar-refractivity contribution in [3.8, 4) is 0 Å². The molecule has 122 valence electrons. The number of unbranched alkanes of at least 4 members (excludes halogenated alkanes) is 3. The highest BCUT2D eigenvalue weighted by atomic mass is 16.5. The number of hydrazine groups is 1. The molecule has 3 amide bonds. The van der Waals surface area contributed by atoms with Gasteiger partial charge in [0.25, 0.3) is 0 Å². The summed E-state index contributed by atoms with van der Waals surface area (Å²) in [5.74, 6) is -1.18. The Bertz CT molecular complexity index is 323. The summed E-state index contributed by atoms with van der Waals surface area (Å²) >= 11 is 0. The molecule has 0 spiro atoms. The molecule has 21 heavy (non-hydrogen) atoms. The van der Waals surface area contributed by atoms with Crippen LogP contribution in [0.2, 0.25) is 0 Å². The van der Waals surface area contributed by atoms with Gasteiger partial charge in [0.2, 0.25) is 18.2 Å². The molecule has 7 heteroatoms. The van der Waals surface area contributed by atoms with Crippen molar-refractivity contribution >= 4 is 18.2 Å². The van der Waals surface area contributed by atoms with E-state index in [1.807, 2.05) is 13.8 Å². The maximum Gasteiger partial charge on any atom is 0.243 e. The Kier molecular flexibility index (Phi) is 11.2. The molecule has 1 atom stereocenters. The lowest BCUT2D eigenvalue weighted by Crippen LogP contribution is -2.46. The third kappa shape index (κ3) is 9.84. The van der Waals surface area contributed by atoms with Crippen LogP contribution in [-0.4, -0.2) is 35.0 Å². The van der Waals surface area contributed by atoms with Gasteiger partial charge in [-0.1, -0.05) is 39.5 Å². The zero-order valence-electron chi connectivity index (χ0n) is 12.9. The lowest BCUT2D eigenvalue weighted by Gasteiger charge is -2.19. The summed E-state index contributed by atoms with van der Waals surface area (Å²) in [4.78, 5) is 33.9. The van der Waals surface area contributed by atoms with Crippen molar-refractivity contribution < 1.29 is 19.6 Å². The summed E-state index contributed by atoms with van der Waals surface area (Å²) in [5, 5.41) is 9.68. The fourth-order valence-electron chi connectivity index (χ4n) is 1.85. The van der Waals surface area contributed by atoms with Gasteiger partial charge in [0.15, 0.2) is 0 Å². The number of hydrogen-bond acceptors (Lipinski definition) is 4. The van der Waals surface area contributed by atoms with Crippen LogP contribution in [-0.2, 0) is 14.4 Å². The number of nitrogens with one attached hydrogen (secondary N) is 2. The van der Waals surface area contributed by atoms with E-state index in [4.69, 9.17) is 0 Å². The van der Waals surface area contributed by atoms with Gasteiger partial charge in [-0.15, -0.1) is 0 Å². The van der Waals surface area contributed by atoms with Crippen molar-refractivity contribution in [1.29, 1.82) is 0 Å². The van der Waals surface area contributed by atoms with E-state index in [9.17, 15) is 19.6 Å². The van der Waals surface area contributed by atoms with E-state index in [1.54, 1.807) is 0 Å². The molecule has 0 aliphatic carbocycles. The standard InChI is InChI=1S/C14H27N3O4/c1-3-5-7-8-12(10-17(21)11-18)14(20)16-15-13(19)9-6-4-2/h11-12,21H,3-10H2,1-2H3,(H,15,19)(H,16,20). The minimum absolute atomic E-state index is 0.0795. The first kappa shape index (κ1) is 19.4. The van der Waals surface area contributed by atoms with E-state index in [-0.39, 0.29) is 18.9 Å². The molecule has 7 nitrogen and oxygen atoms in total. The highest BCUT2D eigenvalue weighted by molar-refractivity contribution is 5.83. The van der Waals surface area contributed by atoms with Crippen LogP contribution in [0.3, 0.4) is 0 Å². The van der Waals surface area contributed by atoms with Crippen LogP contribution in [0.25, 0.3) is 0 Å². The first-order valence-electron chi connectivity index (χ1n) is 7.54. The van der Waals surface area contributed by atoms with Crippen LogP contribution < -0.4 is 10.9 Å². The SMILES string of the molecule is CCCCCC(CN(O)C=O)C(=O)NNC(=O)CCCC. The van der Waals surface area contributed by atoms with Gasteiger partial charge < -0.3 is 0 Å². The van der Waals surface area contributed by atoms with Crippen molar-refractivity contribution in [3.05, 3.63) is 0 Å². The largest absolute Gasteiger partial charge is 0.286 e. The second-order valence-corrected chi connectivity index (χ2v) is 5.06. The summed E-state index contributed by atoms with van der Waals surface area (Å²) in [7, 11) is 0. The molecule has 1 unspecified atom stereocenters. The van der Waals surface area contributed by atoms with E-state index in [0.29, 0.717) is 17.9 Å². The van der Waals surface area contributed by atoms with E-state index >= 15 is 0 Å². The Labute approximate surface area is 126 Å². The van der Waals surface area contributed by atoms with Crippen LogP contribution in [0.15, 0.2) is 0 Å². The van der Waals surface area contributed by atoms with Crippen LogP contribution in [0.4, 0.5) is 0 Å². The minimum Gasteiger partial charge on any atom is -0.286 e. The number of carbonyl (C=O) groups excluding carboxylic acids is 3. The Morgan fingerprint density at radius 2 is 1.81 bits per heavy atom. The second kappa shape index (κ2) is 12.1. The van der Waals surface area contributed by atoms with Crippen LogP contribution in [0.1, 0.15) is 58.8 Å².